The van der Waals surface area contributed by atoms with E-state index in [0.29, 0.717) is 18.9 Å². The highest BCUT2D eigenvalue weighted by Gasteiger charge is 2.30. The second-order valence-corrected chi connectivity index (χ2v) is 6.72. The zero-order chi connectivity index (χ0) is 19.2. The number of rotatable bonds is 6. The van der Waals surface area contributed by atoms with Gasteiger partial charge in [0.15, 0.2) is 0 Å². The highest BCUT2D eigenvalue weighted by molar-refractivity contribution is 8.00. The van der Waals surface area contributed by atoms with Crippen molar-refractivity contribution in [1.82, 2.24) is 4.90 Å². The Balaban J connectivity index is 1.80. The van der Waals surface area contributed by atoms with E-state index in [1.807, 2.05) is 12.1 Å². The zero-order valence-electron chi connectivity index (χ0n) is 14.2. The number of nitrogens with zero attached hydrogens (tertiary/aromatic N) is 2. The van der Waals surface area contributed by atoms with E-state index in [4.69, 9.17) is 4.74 Å². The van der Waals surface area contributed by atoms with Gasteiger partial charge in [0.2, 0.25) is 11.8 Å². The summed E-state index contributed by atoms with van der Waals surface area (Å²) in [6.45, 7) is 2.63. The lowest BCUT2D eigenvalue weighted by atomic mass is 10.2. The van der Waals surface area contributed by atoms with Crippen molar-refractivity contribution in [3.8, 4) is 0 Å². The number of carbonyl (C=O) groups is 2. The summed E-state index contributed by atoms with van der Waals surface area (Å²) in [6.07, 6.45) is 0. The molecule has 1 aliphatic rings. The number of benzene rings is 1. The molecule has 0 aromatic heterocycles. The molecule has 0 aliphatic carbocycles. The van der Waals surface area contributed by atoms with E-state index in [2.05, 4.69) is 10.2 Å². The molecule has 1 saturated heterocycles. The van der Waals surface area contributed by atoms with Gasteiger partial charge in [-0.15, -0.1) is 0 Å². The molecule has 0 saturated carbocycles. The number of thioether (sulfide) groups is 1. The van der Waals surface area contributed by atoms with Crippen LogP contribution < -0.4 is 10.2 Å². The summed E-state index contributed by atoms with van der Waals surface area (Å²) in [5.74, 6) is -1.98. The first-order valence-corrected chi connectivity index (χ1v) is 8.90. The summed E-state index contributed by atoms with van der Waals surface area (Å²) in [5.41, 5.74) is -2.90. The molecule has 2 rings (SSSR count). The number of halogens is 3. The Hall–Kier alpha value is -1.94. The molecular formula is C16H20F3N3O3S. The normalized spacial score (nSPS) is 14.8. The summed E-state index contributed by atoms with van der Waals surface area (Å²) in [4.78, 5) is 26.7. The van der Waals surface area contributed by atoms with Crippen molar-refractivity contribution in [3.05, 3.63) is 24.3 Å². The van der Waals surface area contributed by atoms with Crippen LogP contribution in [0.5, 0.6) is 0 Å². The van der Waals surface area contributed by atoms with E-state index in [1.54, 1.807) is 12.1 Å². The molecule has 1 N–H and O–H groups in total. The van der Waals surface area contributed by atoms with Gasteiger partial charge in [-0.3, -0.25) is 9.59 Å². The Morgan fingerprint density at radius 3 is 2.42 bits per heavy atom. The minimum absolute atomic E-state index is 0.317. The number of likely N-dealkylation sites (N-methyl/N-ethyl adjacent to an activating group) is 1. The second kappa shape index (κ2) is 9.13. The number of hydrogen-bond donors (Lipinski definition) is 1. The Morgan fingerprint density at radius 1 is 1.23 bits per heavy atom. The van der Waals surface area contributed by atoms with Gasteiger partial charge in [0.05, 0.1) is 25.5 Å². The number of nitrogens with one attached hydrogen (secondary N) is 1. The number of morpholine rings is 1. The topological polar surface area (TPSA) is 61.9 Å². The fraction of sp³-hybridized carbons (Fsp3) is 0.500. The Morgan fingerprint density at radius 2 is 1.85 bits per heavy atom. The minimum Gasteiger partial charge on any atom is -0.378 e. The molecule has 1 fully saturated rings. The molecule has 10 heteroatoms. The quantitative estimate of drug-likeness (QED) is 0.806. The Kier molecular flexibility index (Phi) is 7.15. The number of ether oxygens (including phenoxy) is 1. The predicted octanol–water partition coefficient (Wildman–Crippen LogP) is 2.17. The molecule has 0 unspecified atom stereocenters. The van der Waals surface area contributed by atoms with Crippen molar-refractivity contribution in [2.24, 2.45) is 0 Å². The first-order chi connectivity index (χ1) is 12.2. The predicted molar refractivity (Wildman–Crippen MR) is 94.3 cm³/mol. The SMILES string of the molecule is CN(CC(=O)Nc1ccc(N2CCOCC2)cc1)C(=O)CSC(F)(F)F. The van der Waals surface area contributed by atoms with Crippen molar-refractivity contribution in [2.45, 2.75) is 5.51 Å². The van der Waals surface area contributed by atoms with Crippen LogP contribution in [0, 0.1) is 0 Å². The van der Waals surface area contributed by atoms with Crippen LogP contribution in [0.15, 0.2) is 24.3 Å². The third kappa shape index (κ3) is 6.75. The van der Waals surface area contributed by atoms with E-state index in [0.717, 1.165) is 23.7 Å². The van der Waals surface area contributed by atoms with Crippen LogP contribution in [0.25, 0.3) is 0 Å². The van der Waals surface area contributed by atoms with Crippen LogP contribution in [-0.4, -0.2) is 67.9 Å². The van der Waals surface area contributed by atoms with Crippen LogP contribution in [0.2, 0.25) is 0 Å². The molecule has 1 heterocycles. The number of carbonyl (C=O) groups excluding carboxylic acids is 2. The summed E-state index contributed by atoms with van der Waals surface area (Å²) in [5, 5.41) is 2.63. The monoisotopic (exact) mass is 391 g/mol. The van der Waals surface area contributed by atoms with Gasteiger partial charge in [-0.05, 0) is 36.0 Å². The van der Waals surface area contributed by atoms with Crippen molar-refractivity contribution in [2.75, 3.05) is 55.9 Å². The van der Waals surface area contributed by atoms with Crippen molar-refractivity contribution >= 4 is 35.0 Å². The summed E-state index contributed by atoms with van der Waals surface area (Å²) < 4.78 is 41.6. The molecule has 0 atom stereocenters. The van der Waals surface area contributed by atoms with Gasteiger partial charge in [-0.1, -0.05) is 0 Å². The molecule has 2 amide bonds. The first-order valence-electron chi connectivity index (χ1n) is 7.92. The lowest BCUT2D eigenvalue weighted by Crippen LogP contribution is -2.36. The number of hydrogen-bond acceptors (Lipinski definition) is 5. The third-order valence-corrected chi connectivity index (χ3v) is 4.41. The highest BCUT2D eigenvalue weighted by Crippen LogP contribution is 2.30. The Bertz CT molecular complexity index is 619. The van der Waals surface area contributed by atoms with E-state index in [1.165, 1.54) is 7.05 Å². The first kappa shape index (κ1) is 20.4. The summed E-state index contributed by atoms with van der Waals surface area (Å²) >= 11 is -0.420. The average Bonchev–Trinajstić information content (AvgIpc) is 2.60. The molecule has 0 bridgehead atoms. The maximum absolute atomic E-state index is 12.1. The molecular weight excluding hydrogens is 371 g/mol. The molecule has 0 spiro atoms. The summed E-state index contributed by atoms with van der Waals surface area (Å²) in [7, 11) is 1.29. The maximum Gasteiger partial charge on any atom is 0.442 e. The molecule has 144 valence electrons. The van der Waals surface area contributed by atoms with Crippen LogP contribution in [0.3, 0.4) is 0 Å². The molecule has 0 radical (unpaired) electrons. The van der Waals surface area contributed by atoms with Gasteiger partial charge in [0.1, 0.15) is 0 Å². The number of amides is 2. The van der Waals surface area contributed by atoms with E-state index in [-0.39, 0.29) is 6.54 Å². The minimum atomic E-state index is -4.47. The Labute approximate surface area is 153 Å². The lowest BCUT2D eigenvalue weighted by molar-refractivity contribution is -0.131. The number of alkyl halides is 3. The van der Waals surface area contributed by atoms with Crippen molar-refractivity contribution in [1.29, 1.82) is 0 Å². The third-order valence-electron chi connectivity index (χ3n) is 3.69. The lowest BCUT2D eigenvalue weighted by Gasteiger charge is -2.28. The van der Waals surface area contributed by atoms with Crippen LogP contribution in [0.4, 0.5) is 24.5 Å². The van der Waals surface area contributed by atoms with E-state index < -0.39 is 34.8 Å². The standard InChI is InChI=1S/C16H20F3N3O3S/c1-21(15(24)11-26-16(17,18)19)10-14(23)20-12-2-4-13(5-3-12)22-6-8-25-9-7-22/h2-5H,6-11H2,1H3,(H,20,23). The molecule has 1 aromatic carbocycles. The molecule has 26 heavy (non-hydrogen) atoms. The largest absolute Gasteiger partial charge is 0.442 e. The van der Waals surface area contributed by atoms with Gasteiger partial charge < -0.3 is 19.9 Å². The smallest absolute Gasteiger partial charge is 0.378 e. The summed E-state index contributed by atoms with van der Waals surface area (Å²) in [6, 6.07) is 7.22. The zero-order valence-corrected chi connectivity index (χ0v) is 15.0. The van der Waals surface area contributed by atoms with Crippen LogP contribution in [-0.2, 0) is 14.3 Å². The van der Waals surface area contributed by atoms with Gasteiger partial charge in [0.25, 0.3) is 0 Å². The van der Waals surface area contributed by atoms with E-state index >= 15 is 0 Å². The number of anilines is 2. The van der Waals surface area contributed by atoms with E-state index in [9.17, 15) is 22.8 Å². The fourth-order valence-electron chi connectivity index (χ4n) is 2.33. The van der Waals surface area contributed by atoms with Crippen LogP contribution in [0.1, 0.15) is 0 Å². The van der Waals surface area contributed by atoms with Gasteiger partial charge in [-0.25, -0.2) is 0 Å². The maximum atomic E-state index is 12.1. The molecule has 1 aliphatic heterocycles. The second-order valence-electron chi connectivity index (χ2n) is 5.68. The molecule has 1 aromatic rings. The van der Waals surface area contributed by atoms with Gasteiger partial charge in [-0.2, -0.15) is 13.2 Å². The van der Waals surface area contributed by atoms with Crippen molar-refractivity contribution < 1.29 is 27.5 Å². The van der Waals surface area contributed by atoms with Crippen molar-refractivity contribution in [3.63, 3.8) is 0 Å². The fourth-order valence-corrected chi connectivity index (χ4v) is 2.84. The highest BCUT2D eigenvalue weighted by atomic mass is 32.2. The molecule has 6 nitrogen and oxygen atoms in total. The van der Waals surface area contributed by atoms with Gasteiger partial charge in [0, 0.05) is 31.5 Å². The van der Waals surface area contributed by atoms with Gasteiger partial charge >= 0.3 is 5.51 Å². The van der Waals surface area contributed by atoms with Crippen LogP contribution >= 0.6 is 11.8 Å². The average molecular weight is 391 g/mol.